The molecule has 0 aliphatic carbocycles. The summed E-state index contributed by atoms with van der Waals surface area (Å²) in [5.41, 5.74) is -0.409. The van der Waals surface area contributed by atoms with Crippen LogP contribution in [0.4, 0.5) is 10.1 Å². The molecule has 1 heterocycles. The molecule has 0 aliphatic heterocycles. The van der Waals surface area contributed by atoms with Gasteiger partial charge in [0.15, 0.2) is 0 Å². The van der Waals surface area contributed by atoms with E-state index in [4.69, 9.17) is 5.26 Å². The summed E-state index contributed by atoms with van der Waals surface area (Å²) in [5, 5.41) is 8.84. The highest BCUT2D eigenvalue weighted by Gasteiger charge is 2.19. The lowest BCUT2D eigenvalue weighted by Gasteiger charge is -2.08. The number of halogens is 2. The van der Waals surface area contributed by atoms with Gasteiger partial charge in [-0.2, -0.15) is 5.26 Å². The highest BCUT2D eigenvalue weighted by Crippen LogP contribution is 2.28. The number of hydrogen-bond acceptors (Lipinski definition) is 4. The average Bonchev–Trinajstić information content (AvgIpc) is 2.76. The lowest BCUT2D eigenvalue weighted by atomic mass is 10.2. The van der Waals surface area contributed by atoms with E-state index >= 15 is 0 Å². The molecule has 0 aliphatic rings. The molecule has 0 bridgehead atoms. The van der Waals surface area contributed by atoms with Crippen LogP contribution in [-0.2, 0) is 10.0 Å². The Morgan fingerprint density at radius 1 is 1.32 bits per heavy atom. The zero-order chi connectivity index (χ0) is 14.0. The summed E-state index contributed by atoms with van der Waals surface area (Å²) >= 11 is 4.18. The zero-order valence-corrected chi connectivity index (χ0v) is 12.4. The van der Waals surface area contributed by atoms with Gasteiger partial charge >= 0.3 is 0 Å². The highest BCUT2D eigenvalue weighted by atomic mass is 79.9. The maximum atomic E-state index is 13.4. The van der Waals surface area contributed by atoms with Crippen LogP contribution in [0.1, 0.15) is 5.56 Å². The third-order valence-corrected chi connectivity index (χ3v) is 5.66. The van der Waals surface area contributed by atoms with Gasteiger partial charge in [0, 0.05) is 0 Å². The van der Waals surface area contributed by atoms with Gasteiger partial charge in [-0.15, -0.1) is 11.3 Å². The maximum Gasteiger partial charge on any atom is 0.271 e. The Morgan fingerprint density at radius 2 is 2.05 bits per heavy atom. The number of sulfonamides is 1. The summed E-state index contributed by atoms with van der Waals surface area (Å²) in [6, 6.07) is 8.41. The van der Waals surface area contributed by atoms with Gasteiger partial charge in [0.2, 0.25) is 0 Å². The largest absolute Gasteiger partial charge is 0.278 e. The molecule has 1 N–H and O–H groups in total. The smallest absolute Gasteiger partial charge is 0.271 e. The number of thiophene rings is 1. The van der Waals surface area contributed by atoms with Gasteiger partial charge in [-0.3, -0.25) is 4.72 Å². The SMILES string of the molecule is N#Cc1c(F)cccc1NS(=O)(=O)c1ccc(Br)s1. The van der Waals surface area contributed by atoms with Gasteiger partial charge in [0.05, 0.1) is 9.47 Å². The van der Waals surface area contributed by atoms with Crippen molar-refractivity contribution in [3.8, 4) is 6.07 Å². The minimum atomic E-state index is -3.82. The Labute approximate surface area is 121 Å². The molecule has 0 spiro atoms. The van der Waals surface area contributed by atoms with Gasteiger partial charge in [-0.05, 0) is 40.2 Å². The van der Waals surface area contributed by atoms with Crippen molar-refractivity contribution in [1.82, 2.24) is 0 Å². The molecule has 2 rings (SSSR count). The van der Waals surface area contributed by atoms with E-state index in [0.717, 1.165) is 17.4 Å². The van der Waals surface area contributed by atoms with Crippen molar-refractivity contribution in [2.45, 2.75) is 4.21 Å². The second-order valence-corrected chi connectivity index (χ2v) is 7.81. The number of nitrogens with zero attached hydrogens (tertiary/aromatic N) is 1. The summed E-state index contributed by atoms with van der Waals surface area (Å²) in [5.74, 6) is -0.768. The predicted octanol–water partition coefficient (Wildman–Crippen LogP) is 3.32. The molecule has 0 fully saturated rings. The molecule has 0 unspecified atom stereocenters. The quantitative estimate of drug-likeness (QED) is 0.912. The molecule has 8 heteroatoms. The van der Waals surface area contributed by atoms with Crippen molar-refractivity contribution < 1.29 is 12.8 Å². The molecule has 2 aromatic rings. The predicted molar refractivity (Wildman–Crippen MR) is 73.9 cm³/mol. The molecule has 0 amide bonds. The van der Waals surface area contributed by atoms with Crippen molar-refractivity contribution in [2.24, 2.45) is 0 Å². The number of hydrogen-bond donors (Lipinski definition) is 1. The average molecular weight is 361 g/mol. The van der Waals surface area contributed by atoms with E-state index in [2.05, 4.69) is 20.7 Å². The van der Waals surface area contributed by atoms with Crippen LogP contribution in [0.2, 0.25) is 0 Å². The normalized spacial score (nSPS) is 11.0. The molecule has 0 saturated carbocycles. The van der Waals surface area contributed by atoms with Crippen molar-refractivity contribution in [3.05, 3.63) is 45.5 Å². The Balaban J connectivity index is 2.42. The lowest BCUT2D eigenvalue weighted by Crippen LogP contribution is -2.12. The fraction of sp³-hybridized carbons (Fsp3) is 0. The van der Waals surface area contributed by atoms with Crippen LogP contribution in [-0.4, -0.2) is 8.42 Å². The van der Waals surface area contributed by atoms with E-state index < -0.39 is 15.8 Å². The molecule has 1 aromatic carbocycles. The molecule has 0 radical (unpaired) electrons. The summed E-state index contributed by atoms with van der Waals surface area (Å²) in [7, 11) is -3.82. The van der Waals surface area contributed by atoms with E-state index in [0.29, 0.717) is 3.79 Å². The first-order chi connectivity index (χ1) is 8.94. The van der Waals surface area contributed by atoms with Crippen LogP contribution >= 0.6 is 27.3 Å². The van der Waals surface area contributed by atoms with Gasteiger partial charge in [0.25, 0.3) is 10.0 Å². The Bertz CT molecular complexity index is 765. The Hall–Kier alpha value is -1.43. The first kappa shape index (κ1) is 14.0. The molecule has 1 aromatic heterocycles. The van der Waals surface area contributed by atoms with Crippen LogP contribution in [0, 0.1) is 17.1 Å². The standard InChI is InChI=1S/C11H6BrFN2O2S2/c12-10-4-5-11(18-10)19(16,17)15-9-3-1-2-8(13)7(9)6-14/h1-5,15H. The maximum absolute atomic E-state index is 13.4. The van der Waals surface area contributed by atoms with Crippen LogP contribution in [0.15, 0.2) is 38.3 Å². The van der Waals surface area contributed by atoms with Crippen molar-refractivity contribution in [3.63, 3.8) is 0 Å². The van der Waals surface area contributed by atoms with Gasteiger partial charge in [-0.25, -0.2) is 12.8 Å². The van der Waals surface area contributed by atoms with Crippen molar-refractivity contribution in [1.29, 1.82) is 5.26 Å². The van der Waals surface area contributed by atoms with Gasteiger partial charge in [-0.1, -0.05) is 6.07 Å². The first-order valence-corrected chi connectivity index (χ1v) is 8.00. The van der Waals surface area contributed by atoms with E-state index in [9.17, 15) is 12.8 Å². The van der Waals surface area contributed by atoms with Gasteiger partial charge < -0.3 is 0 Å². The Kier molecular flexibility index (Phi) is 3.89. The number of anilines is 1. The van der Waals surface area contributed by atoms with Gasteiger partial charge in [0.1, 0.15) is 21.7 Å². The lowest BCUT2D eigenvalue weighted by molar-refractivity contribution is 0.603. The molecule has 4 nitrogen and oxygen atoms in total. The highest BCUT2D eigenvalue weighted by molar-refractivity contribution is 9.11. The summed E-state index contributed by atoms with van der Waals surface area (Å²) in [6.07, 6.45) is 0. The Morgan fingerprint density at radius 3 is 2.63 bits per heavy atom. The topological polar surface area (TPSA) is 70.0 Å². The second-order valence-electron chi connectivity index (χ2n) is 3.44. The molecule has 0 atom stereocenters. The monoisotopic (exact) mass is 360 g/mol. The number of nitriles is 1. The van der Waals surface area contributed by atoms with Crippen LogP contribution in [0.3, 0.4) is 0 Å². The molecule has 98 valence electrons. The fourth-order valence-electron chi connectivity index (χ4n) is 1.36. The minimum Gasteiger partial charge on any atom is -0.278 e. The summed E-state index contributed by atoms with van der Waals surface area (Å²) in [4.78, 5) is 0. The van der Waals surface area contributed by atoms with E-state index in [1.807, 2.05) is 0 Å². The molecule has 19 heavy (non-hydrogen) atoms. The van der Waals surface area contributed by atoms with Crippen LogP contribution in [0.5, 0.6) is 0 Å². The number of rotatable bonds is 3. The van der Waals surface area contributed by atoms with E-state index in [1.165, 1.54) is 18.2 Å². The fourth-order valence-corrected chi connectivity index (χ4v) is 4.44. The second kappa shape index (κ2) is 5.28. The van der Waals surface area contributed by atoms with Crippen LogP contribution in [0.25, 0.3) is 0 Å². The molecular weight excluding hydrogens is 355 g/mol. The van der Waals surface area contributed by atoms with Crippen molar-refractivity contribution in [2.75, 3.05) is 4.72 Å². The zero-order valence-electron chi connectivity index (χ0n) is 9.22. The van der Waals surface area contributed by atoms with Crippen molar-refractivity contribution >= 4 is 43.0 Å². The summed E-state index contributed by atoms with van der Waals surface area (Å²) < 4.78 is 40.4. The first-order valence-electron chi connectivity index (χ1n) is 4.91. The number of nitrogens with one attached hydrogen (secondary N) is 1. The molecule has 0 saturated heterocycles. The third kappa shape index (κ3) is 2.94. The third-order valence-electron chi connectivity index (χ3n) is 2.18. The van der Waals surface area contributed by atoms with Crippen LogP contribution < -0.4 is 4.72 Å². The minimum absolute atomic E-state index is 0.0764. The van der Waals surface area contributed by atoms with E-state index in [1.54, 1.807) is 12.1 Å². The van der Waals surface area contributed by atoms with E-state index in [-0.39, 0.29) is 15.5 Å². The number of benzene rings is 1. The molecular formula is C11H6BrFN2O2S2. The summed E-state index contributed by atoms with van der Waals surface area (Å²) in [6.45, 7) is 0.